The van der Waals surface area contributed by atoms with E-state index in [1.807, 2.05) is 26.2 Å². The van der Waals surface area contributed by atoms with Crippen molar-refractivity contribution in [3.8, 4) is 0 Å². The van der Waals surface area contributed by atoms with Crippen molar-refractivity contribution in [3.05, 3.63) is 16.8 Å². The van der Waals surface area contributed by atoms with E-state index >= 15 is 0 Å². The molecule has 0 fully saturated rings. The van der Waals surface area contributed by atoms with E-state index in [0.29, 0.717) is 4.96 Å². The van der Waals surface area contributed by atoms with Gasteiger partial charge in [0.15, 0.2) is 9.99 Å². The van der Waals surface area contributed by atoms with Gasteiger partial charge in [0, 0.05) is 16.5 Å². The van der Waals surface area contributed by atoms with Gasteiger partial charge in [0.25, 0.3) is 0 Å². The Labute approximate surface area is 103 Å². The van der Waals surface area contributed by atoms with E-state index in [1.165, 1.54) is 22.7 Å². The molecule has 0 spiro atoms. The van der Waals surface area contributed by atoms with Crippen molar-refractivity contribution in [1.29, 1.82) is 0 Å². The Bertz CT molecular complexity index is 677. The second-order valence-corrected chi connectivity index (χ2v) is 7.03. The van der Waals surface area contributed by atoms with Gasteiger partial charge in [0.2, 0.25) is 0 Å². The van der Waals surface area contributed by atoms with E-state index < -0.39 is 10.2 Å². The lowest BCUT2D eigenvalue weighted by atomic mass is 9.93. The number of hydrogen-bond donors (Lipinski definition) is 0. The van der Waals surface area contributed by atoms with Gasteiger partial charge in [0.05, 0.1) is 5.69 Å². The Morgan fingerprint density at radius 3 is 2.47 bits per heavy atom. The molecule has 0 aliphatic carbocycles. The fourth-order valence-corrected chi connectivity index (χ4v) is 3.76. The minimum atomic E-state index is -4.76. The predicted molar refractivity (Wildman–Crippen MR) is 64.8 cm³/mol. The van der Waals surface area contributed by atoms with Crippen LogP contribution in [0.25, 0.3) is 4.96 Å². The fourth-order valence-electron chi connectivity index (χ4n) is 1.74. The first-order valence-electron chi connectivity index (χ1n) is 5.04. The minimum Gasteiger partial charge on any atom is -0.275 e. The van der Waals surface area contributed by atoms with E-state index in [9.17, 15) is 12.3 Å². The molecule has 0 amide bonds. The van der Waals surface area contributed by atoms with Crippen LogP contribution in [0.5, 0.6) is 0 Å². The predicted octanol–water partition coefficient (Wildman–Crippen LogP) is 2.66. The van der Waals surface area contributed by atoms with Gasteiger partial charge >= 0.3 is 10.2 Å². The van der Waals surface area contributed by atoms with Crippen LogP contribution in [0.3, 0.4) is 0 Å². The van der Waals surface area contributed by atoms with Crippen molar-refractivity contribution in [3.63, 3.8) is 0 Å². The second-order valence-electron chi connectivity index (χ2n) is 4.93. The van der Waals surface area contributed by atoms with Crippen LogP contribution in [0.4, 0.5) is 3.89 Å². The average molecular weight is 276 g/mol. The van der Waals surface area contributed by atoms with Crippen LogP contribution in [0.15, 0.2) is 10.4 Å². The molecule has 2 aromatic heterocycles. The van der Waals surface area contributed by atoms with Gasteiger partial charge in [0.1, 0.15) is 0 Å². The van der Waals surface area contributed by atoms with E-state index in [2.05, 4.69) is 4.98 Å². The van der Waals surface area contributed by atoms with Crippen LogP contribution in [0, 0.1) is 6.92 Å². The van der Waals surface area contributed by atoms with Gasteiger partial charge in [-0.05, 0) is 6.92 Å². The first-order valence-corrected chi connectivity index (χ1v) is 7.30. The molecule has 0 atom stereocenters. The minimum absolute atomic E-state index is 0.199. The second kappa shape index (κ2) is 3.52. The molecular weight excluding hydrogens is 263 g/mol. The van der Waals surface area contributed by atoms with Crippen molar-refractivity contribution in [1.82, 2.24) is 9.38 Å². The van der Waals surface area contributed by atoms with Crippen LogP contribution in [0.2, 0.25) is 0 Å². The number of aryl methyl sites for hydroxylation is 1. The summed E-state index contributed by atoms with van der Waals surface area (Å²) >= 11 is 1.31. The first-order chi connectivity index (χ1) is 7.62. The highest BCUT2D eigenvalue weighted by Gasteiger charge is 2.28. The number of imidazole rings is 1. The number of fused-ring (bicyclic) bond motifs is 1. The molecule has 17 heavy (non-hydrogen) atoms. The molecule has 0 aliphatic heterocycles. The van der Waals surface area contributed by atoms with Crippen molar-refractivity contribution in [2.45, 2.75) is 38.1 Å². The summed E-state index contributed by atoms with van der Waals surface area (Å²) in [6, 6.07) is 0. The van der Waals surface area contributed by atoms with E-state index in [4.69, 9.17) is 0 Å². The smallest absolute Gasteiger partial charge is 0.275 e. The zero-order valence-electron chi connectivity index (χ0n) is 9.98. The lowest BCUT2D eigenvalue weighted by molar-refractivity contribution is 0.532. The third-order valence-electron chi connectivity index (χ3n) is 2.48. The molecule has 0 N–H and O–H groups in total. The molecule has 0 radical (unpaired) electrons. The van der Waals surface area contributed by atoms with Gasteiger partial charge in [-0.1, -0.05) is 24.7 Å². The lowest BCUT2D eigenvalue weighted by Gasteiger charge is -2.17. The number of halogens is 1. The maximum Gasteiger partial charge on any atom is 0.350 e. The largest absolute Gasteiger partial charge is 0.350 e. The van der Waals surface area contributed by atoms with Crippen molar-refractivity contribution >= 4 is 26.5 Å². The third kappa shape index (κ3) is 1.97. The fraction of sp³-hybridized carbons (Fsp3) is 0.500. The molecule has 7 heteroatoms. The summed E-state index contributed by atoms with van der Waals surface area (Å²) in [4.78, 5) is 4.58. The summed E-state index contributed by atoms with van der Waals surface area (Å²) in [6.45, 7) is 7.33. The molecule has 0 saturated heterocycles. The van der Waals surface area contributed by atoms with Crippen LogP contribution in [-0.4, -0.2) is 17.8 Å². The number of rotatable bonds is 1. The molecule has 0 aliphatic rings. The Kier molecular flexibility index (Phi) is 2.59. The number of aromatic nitrogens is 2. The number of hydrogen-bond acceptors (Lipinski definition) is 4. The summed E-state index contributed by atoms with van der Waals surface area (Å²) in [7, 11) is -4.76. The standard InChI is InChI=1S/C10H13FN2O2S2/c1-6-8(17(11,14)15)13-7(10(2,3)4)5-16-9(13)12-6/h5H,1-4H3. The van der Waals surface area contributed by atoms with Crippen LogP contribution < -0.4 is 0 Å². The van der Waals surface area contributed by atoms with Gasteiger partial charge in [-0.3, -0.25) is 4.40 Å². The summed E-state index contributed by atoms with van der Waals surface area (Å²) in [5.74, 6) is 0. The van der Waals surface area contributed by atoms with Crippen LogP contribution >= 0.6 is 11.3 Å². The molecule has 0 aromatic carbocycles. The highest BCUT2D eigenvalue weighted by molar-refractivity contribution is 7.86. The normalized spacial score (nSPS) is 13.5. The number of nitrogens with zero attached hydrogens (tertiary/aromatic N) is 2. The highest BCUT2D eigenvalue weighted by atomic mass is 32.3. The van der Waals surface area contributed by atoms with Gasteiger partial charge < -0.3 is 0 Å². The topological polar surface area (TPSA) is 51.4 Å². The third-order valence-corrected chi connectivity index (χ3v) is 4.25. The Morgan fingerprint density at radius 2 is 2.00 bits per heavy atom. The summed E-state index contributed by atoms with van der Waals surface area (Å²) in [5.41, 5.74) is 0.671. The summed E-state index contributed by atoms with van der Waals surface area (Å²) < 4.78 is 37.1. The molecule has 4 nitrogen and oxygen atoms in total. The SMILES string of the molecule is Cc1nc2scc(C(C)(C)C)n2c1S(=O)(=O)F. The molecule has 94 valence electrons. The van der Waals surface area contributed by atoms with Gasteiger partial charge in [-0.25, -0.2) is 4.98 Å². The maximum absolute atomic E-state index is 13.3. The Morgan fingerprint density at radius 1 is 1.41 bits per heavy atom. The van der Waals surface area contributed by atoms with Crippen molar-refractivity contribution in [2.24, 2.45) is 0 Å². The van der Waals surface area contributed by atoms with Gasteiger partial charge in [-0.2, -0.15) is 8.42 Å². The Balaban J connectivity index is 2.93. The zero-order valence-corrected chi connectivity index (χ0v) is 11.6. The molecule has 0 saturated carbocycles. The quantitative estimate of drug-likeness (QED) is 0.752. The summed E-state index contributed by atoms with van der Waals surface area (Å²) in [6.07, 6.45) is 0. The maximum atomic E-state index is 13.3. The van der Waals surface area contributed by atoms with E-state index in [0.717, 1.165) is 5.69 Å². The molecular formula is C10H13FN2O2S2. The molecule has 2 rings (SSSR count). The first kappa shape index (κ1) is 12.5. The average Bonchev–Trinajstić information content (AvgIpc) is 2.55. The number of thiazole rings is 1. The molecule has 0 unspecified atom stereocenters. The van der Waals surface area contributed by atoms with E-state index in [-0.39, 0.29) is 16.1 Å². The van der Waals surface area contributed by atoms with Crippen LogP contribution in [0.1, 0.15) is 32.2 Å². The molecule has 2 aromatic rings. The van der Waals surface area contributed by atoms with Crippen molar-refractivity contribution < 1.29 is 12.3 Å². The van der Waals surface area contributed by atoms with Gasteiger partial charge in [-0.15, -0.1) is 11.3 Å². The zero-order chi connectivity index (χ0) is 13.0. The molecule has 0 bridgehead atoms. The van der Waals surface area contributed by atoms with Crippen molar-refractivity contribution in [2.75, 3.05) is 0 Å². The molecule has 2 heterocycles. The monoisotopic (exact) mass is 276 g/mol. The highest BCUT2D eigenvalue weighted by Crippen LogP contribution is 2.32. The Hall–Kier alpha value is -0.950. The van der Waals surface area contributed by atoms with E-state index in [1.54, 1.807) is 0 Å². The summed E-state index contributed by atoms with van der Waals surface area (Å²) in [5, 5.41) is 1.47. The van der Waals surface area contributed by atoms with Crippen LogP contribution in [-0.2, 0) is 15.6 Å². The lowest BCUT2D eigenvalue weighted by Crippen LogP contribution is -2.15.